The van der Waals surface area contributed by atoms with Gasteiger partial charge in [-0.1, -0.05) is 11.6 Å². The zero-order valence-electron chi connectivity index (χ0n) is 3.78. The Morgan fingerprint density at radius 1 is 1.67 bits per heavy atom. The van der Waals surface area contributed by atoms with E-state index in [0.717, 1.165) is 5.92 Å². The summed E-state index contributed by atoms with van der Waals surface area (Å²) >= 11 is 0. The molecular weight excluding hydrogens is 72.1 g/mol. The molecule has 0 bridgehead atoms. The van der Waals surface area contributed by atoms with Crippen molar-refractivity contribution in [2.75, 3.05) is 0 Å². The largest absolute Gasteiger partial charge is 0.0775 e. The van der Waals surface area contributed by atoms with Crippen LogP contribution < -0.4 is 0 Å². The van der Waals surface area contributed by atoms with Gasteiger partial charge in [0.2, 0.25) is 0 Å². The predicted molar refractivity (Wildman–Crippen MR) is 25.4 cm³/mol. The zero-order valence-corrected chi connectivity index (χ0v) is 3.78. The van der Waals surface area contributed by atoms with Gasteiger partial charge < -0.3 is 0 Å². The molecule has 2 rings (SSSR count). The molecule has 0 nitrogen and oxygen atoms in total. The Hall–Kier alpha value is -0.260. The average molecular weight is 80.1 g/mol. The van der Waals surface area contributed by atoms with E-state index in [2.05, 4.69) is 6.08 Å². The van der Waals surface area contributed by atoms with E-state index in [-0.39, 0.29) is 0 Å². The van der Waals surface area contributed by atoms with Crippen LogP contribution >= 0.6 is 0 Å². The summed E-state index contributed by atoms with van der Waals surface area (Å²) in [5, 5.41) is 0. The quantitative estimate of drug-likeness (QED) is 0.389. The molecule has 0 saturated heterocycles. The van der Waals surface area contributed by atoms with Crippen LogP contribution in [-0.4, -0.2) is 0 Å². The number of hydrogen-bond donors (Lipinski definition) is 0. The fourth-order valence-corrected chi connectivity index (χ4v) is 1.27. The molecule has 0 aromatic rings. The standard InChI is InChI=1S/C6H8/c1-2-5-4-6(5)3-1/h4-5H,1-3H2/t5-/m1/s1. The molecule has 0 aromatic heterocycles. The third-order valence-electron chi connectivity index (χ3n) is 1.76. The minimum absolute atomic E-state index is 1.00. The Morgan fingerprint density at radius 3 is 2.83 bits per heavy atom. The lowest BCUT2D eigenvalue weighted by Crippen LogP contribution is -1.63. The van der Waals surface area contributed by atoms with E-state index < -0.39 is 0 Å². The highest BCUT2D eigenvalue weighted by atomic mass is 14.3. The maximum Gasteiger partial charge on any atom is -0.00201 e. The summed E-state index contributed by atoms with van der Waals surface area (Å²) in [6.07, 6.45) is 6.75. The molecule has 0 amide bonds. The van der Waals surface area contributed by atoms with Crippen LogP contribution in [0.15, 0.2) is 11.6 Å². The van der Waals surface area contributed by atoms with Gasteiger partial charge in [-0.2, -0.15) is 0 Å². The lowest BCUT2D eigenvalue weighted by Gasteiger charge is -1.77. The number of allylic oxidation sites excluding steroid dienone is 2. The number of rotatable bonds is 0. The molecule has 0 aromatic carbocycles. The van der Waals surface area contributed by atoms with Gasteiger partial charge in [-0.15, -0.1) is 0 Å². The summed E-state index contributed by atoms with van der Waals surface area (Å²) < 4.78 is 0. The molecule has 0 unspecified atom stereocenters. The summed E-state index contributed by atoms with van der Waals surface area (Å²) in [5.74, 6) is 1.00. The Labute approximate surface area is 37.9 Å². The van der Waals surface area contributed by atoms with Gasteiger partial charge in [0, 0.05) is 0 Å². The first-order valence-electron chi connectivity index (χ1n) is 2.67. The first kappa shape index (κ1) is 2.84. The first-order chi connectivity index (χ1) is 2.97. The Bertz CT molecular complexity index is 101. The van der Waals surface area contributed by atoms with Crippen molar-refractivity contribution in [3.05, 3.63) is 11.6 Å². The van der Waals surface area contributed by atoms with Gasteiger partial charge in [0.1, 0.15) is 0 Å². The van der Waals surface area contributed by atoms with E-state index in [9.17, 15) is 0 Å². The SMILES string of the molecule is C1=C2CCC[C@H]12. The molecule has 1 atom stereocenters. The molecule has 32 valence electrons. The summed E-state index contributed by atoms with van der Waals surface area (Å²) in [7, 11) is 0. The van der Waals surface area contributed by atoms with Crippen molar-refractivity contribution < 1.29 is 0 Å². The van der Waals surface area contributed by atoms with Crippen LogP contribution in [0.1, 0.15) is 19.3 Å². The summed E-state index contributed by atoms with van der Waals surface area (Å²) in [5.41, 5.74) is 1.75. The topological polar surface area (TPSA) is 0 Å². The first-order valence-corrected chi connectivity index (χ1v) is 2.67. The highest BCUT2D eigenvalue weighted by Gasteiger charge is 2.28. The van der Waals surface area contributed by atoms with Crippen molar-refractivity contribution in [3.63, 3.8) is 0 Å². The molecule has 1 saturated carbocycles. The maximum absolute atomic E-state index is 2.39. The molecular formula is C6H8. The average Bonchev–Trinajstić information content (AvgIpc) is 2.17. The third-order valence-corrected chi connectivity index (χ3v) is 1.76. The fraction of sp³-hybridized carbons (Fsp3) is 0.667. The minimum atomic E-state index is 1.00. The molecule has 2 aliphatic rings. The fourth-order valence-electron chi connectivity index (χ4n) is 1.27. The molecule has 0 heterocycles. The van der Waals surface area contributed by atoms with Crippen LogP contribution in [0.5, 0.6) is 0 Å². The minimum Gasteiger partial charge on any atom is -0.0775 e. The second-order valence-electron chi connectivity index (χ2n) is 2.24. The van der Waals surface area contributed by atoms with Crippen LogP contribution in [0.3, 0.4) is 0 Å². The molecule has 0 heteroatoms. The highest BCUT2D eigenvalue weighted by Crippen LogP contribution is 2.43. The van der Waals surface area contributed by atoms with Crippen LogP contribution in [0, 0.1) is 5.92 Å². The maximum atomic E-state index is 2.39. The van der Waals surface area contributed by atoms with Crippen LogP contribution in [0.2, 0.25) is 0 Å². The van der Waals surface area contributed by atoms with Crippen molar-refractivity contribution in [1.29, 1.82) is 0 Å². The normalized spacial score (nSPS) is 38.7. The summed E-state index contributed by atoms with van der Waals surface area (Å²) in [4.78, 5) is 0. The van der Waals surface area contributed by atoms with E-state index in [1.165, 1.54) is 19.3 Å². The van der Waals surface area contributed by atoms with Gasteiger partial charge in [0.05, 0.1) is 0 Å². The molecule has 0 spiro atoms. The summed E-state index contributed by atoms with van der Waals surface area (Å²) in [6, 6.07) is 0. The van der Waals surface area contributed by atoms with Crippen molar-refractivity contribution in [2.24, 2.45) is 5.92 Å². The lowest BCUT2D eigenvalue weighted by atomic mass is 10.3. The summed E-state index contributed by atoms with van der Waals surface area (Å²) in [6.45, 7) is 0. The molecule has 2 aliphatic carbocycles. The van der Waals surface area contributed by atoms with E-state index in [1.54, 1.807) is 5.57 Å². The second kappa shape index (κ2) is 0.699. The van der Waals surface area contributed by atoms with Crippen LogP contribution in [0.25, 0.3) is 0 Å². The van der Waals surface area contributed by atoms with Crippen LogP contribution in [-0.2, 0) is 0 Å². The van der Waals surface area contributed by atoms with Crippen molar-refractivity contribution in [3.8, 4) is 0 Å². The molecule has 6 heavy (non-hydrogen) atoms. The van der Waals surface area contributed by atoms with Gasteiger partial charge in [-0.25, -0.2) is 0 Å². The highest BCUT2D eigenvalue weighted by molar-refractivity contribution is 5.32. The Morgan fingerprint density at radius 2 is 2.67 bits per heavy atom. The molecule has 1 fully saturated rings. The van der Waals surface area contributed by atoms with Crippen LogP contribution in [0.4, 0.5) is 0 Å². The second-order valence-corrected chi connectivity index (χ2v) is 2.24. The Balaban J connectivity index is 2.22. The predicted octanol–water partition coefficient (Wildman–Crippen LogP) is 1.73. The van der Waals surface area contributed by atoms with Gasteiger partial charge in [0.15, 0.2) is 0 Å². The smallest absolute Gasteiger partial charge is 0.00201 e. The Kier molecular flexibility index (Phi) is 0.331. The molecule has 0 aliphatic heterocycles. The van der Waals surface area contributed by atoms with Crippen molar-refractivity contribution in [1.82, 2.24) is 0 Å². The molecule has 0 radical (unpaired) electrons. The third kappa shape index (κ3) is 0.204. The monoisotopic (exact) mass is 80.1 g/mol. The lowest BCUT2D eigenvalue weighted by molar-refractivity contribution is 0.805. The van der Waals surface area contributed by atoms with Gasteiger partial charge in [0.25, 0.3) is 0 Å². The van der Waals surface area contributed by atoms with E-state index in [0.29, 0.717) is 0 Å². The van der Waals surface area contributed by atoms with Crippen molar-refractivity contribution >= 4 is 0 Å². The van der Waals surface area contributed by atoms with E-state index in [1.807, 2.05) is 0 Å². The van der Waals surface area contributed by atoms with Crippen molar-refractivity contribution in [2.45, 2.75) is 19.3 Å². The zero-order chi connectivity index (χ0) is 3.98. The van der Waals surface area contributed by atoms with Gasteiger partial charge in [-0.05, 0) is 25.2 Å². The van der Waals surface area contributed by atoms with Gasteiger partial charge in [-0.3, -0.25) is 0 Å². The van der Waals surface area contributed by atoms with Gasteiger partial charge >= 0.3 is 0 Å². The number of fused-ring (bicyclic) bond motifs is 1. The molecule has 0 N–H and O–H groups in total. The number of hydrogen-bond acceptors (Lipinski definition) is 0. The van der Waals surface area contributed by atoms with E-state index >= 15 is 0 Å². The van der Waals surface area contributed by atoms with E-state index in [4.69, 9.17) is 0 Å².